The lowest BCUT2D eigenvalue weighted by Gasteiger charge is -2.40. The Morgan fingerprint density at radius 3 is 1.68 bits per heavy atom. The minimum atomic E-state index is -1.61. The minimum absolute atomic E-state index is 0.268. The van der Waals surface area contributed by atoms with Crippen LogP contribution >= 0.6 is 0 Å². The van der Waals surface area contributed by atoms with Gasteiger partial charge in [0.05, 0.1) is 25.4 Å². The van der Waals surface area contributed by atoms with Crippen LogP contribution in [0.1, 0.15) is 174 Å². The molecule has 1 saturated heterocycles. The summed E-state index contributed by atoms with van der Waals surface area (Å²) in [5.74, 6) is -0.268. The lowest BCUT2D eigenvalue weighted by atomic mass is 9.99. The van der Waals surface area contributed by atoms with Gasteiger partial charge in [0.2, 0.25) is 5.91 Å². The van der Waals surface area contributed by atoms with Crippen LogP contribution in [-0.4, -0.2) is 98.7 Å². The number of ether oxygens (including phenoxy) is 2. The average molecular weight is 716 g/mol. The Bertz CT molecular complexity index is 814. The molecule has 50 heavy (non-hydrogen) atoms. The predicted molar refractivity (Wildman–Crippen MR) is 200 cm³/mol. The van der Waals surface area contributed by atoms with Gasteiger partial charge in [-0.15, -0.1) is 0 Å². The van der Waals surface area contributed by atoms with Gasteiger partial charge in [-0.25, -0.2) is 0 Å². The molecule has 0 bridgehead atoms. The number of amides is 1. The van der Waals surface area contributed by atoms with Crippen LogP contribution in [0, 0.1) is 0 Å². The Morgan fingerprint density at radius 1 is 0.680 bits per heavy atom. The number of carbonyl (C=O) groups excluding carboxylic acids is 1. The normalized spacial score (nSPS) is 22.9. The van der Waals surface area contributed by atoms with Gasteiger partial charge in [0.15, 0.2) is 6.29 Å². The van der Waals surface area contributed by atoms with Crippen LogP contribution in [0.2, 0.25) is 0 Å². The maximum Gasteiger partial charge on any atom is 0.220 e. The second-order valence-electron chi connectivity index (χ2n) is 14.6. The number of aliphatic hydroxyl groups is 6. The van der Waals surface area contributed by atoms with E-state index >= 15 is 0 Å². The predicted octanol–water partition coefficient (Wildman–Crippen LogP) is 6.36. The van der Waals surface area contributed by atoms with Crippen LogP contribution in [0.4, 0.5) is 0 Å². The van der Waals surface area contributed by atoms with Gasteiger partial charge in [-0.2, -0.15) is 0 Å². The highest BCUT2D eigenvalue weighted by atomic mass is 16.7. The second-order valence-corrected chi connectivity index (χ2v) is 14.6. The highest BCUT2D eigenvalue weighted by molar-refractivity contribution is 5.76. The summed E-state index contributed by atoms with van der Waals surface area (Å²) in [6, 6.07) is -1.00. The Balaban J connectivity index is 2.49. The molecule has 0 aromatic carbocycles. The molecule has 0 aromatic heterocycles. The second kappa shape index (κ2) is 31.4. The van der Waals surface area contributed by atoms with Gasteiger partial charge in [-0.3, -0.25) is 4.79 Å². The minimum Gasteiger partial charge on any atom is -0.394 e. The SMILES string of the molecule is CCCCCCCCC/C=C\CCC[C@H](O)[C@H](O)[C@H](CO[C@@H]1O[C@H](CO)[C@@H](O)[C@H](O)[C@H]1O)NC(=O)CCCCCCCCCCCCCCC. The zero-order valence-electron chi connectivity index (χ0n) is 31.8. The molecule has 0 spiro atoms. The first-order chi connectivity index (χ1) is 24.3. The van der Waals surface area contributed by atoms with E-state index in [2.05, 4.69) is 31.3 Å². The molecule has 0 aliphatic carbocycles. The van der Waals surface area contributed by atoms with Crippen molar-refractivity contribution in [3.8, 4) is 0 Å². The lowest BCUT2D eigenvalue weighted by molar-refractivity contribution is -0.303. The van der Waals surface area contributed by atoms with E-state index in [-0.39, 0.29) is 18.9 Å². The molecule has 7 N–H and O–H groups in total. The molecule has 1 amide bonds. The van der Waals surface area contributed by atoms with E-state index in [1.165, 1.54) is 103 Å². The van der Waals surface area contributed by atoms with E-state index in [1.807, 2.05) is 0 Å². The van der Waals surface area contributed by atoms with E-state index < -0.39 is 55.6 Å². The zero-order chi connectivity index (χ0) is 36.8. The van der Waals surface area contributed by atoms with Gasteiger partial charge in [0, 0.05) is 6.42 Å². The molecular formula is C40H77NO9. The van der Waals surface area contributed by atoms with Crippen LogP contribution < -0.4 is 5.32 Å². The molecule has 0 radical (unpaired) electrons. The number of aliphatic hydroxyl groups excluding tert-OH is 6. The third kappa shape index (κ3) is 22.1. The summed E-state index contributed by atoms with van der Waals surface area (Å²) in [6.45, 7) is 3.55. The standard InChI is InChI=1S/C40H77NO9/c1-3-5-7-9-11-13-15-17-19-21-23-25-27-29-35(44)41-32(31-49-40-39(48)38(47)37(46)34(30-42)50-40)36(45)33(43)28-26-24-22-20-18-16-14-12-10-8-6-4-2/h20,22,32-34,36-40,42-43,45-48H,3-19,21,23-31H2,1-2H3,(H,41,44)/b22-20-/t32-,33-,34+,36+,37+,38-,39+,40+/m0/s1. The first-order valence-electron chi connectivity index (χ1n) is 20.5. The summed E-state index contributed by atoms with van der Waals surface area (Å²) >= 11 is 0. The number of allylic oxidation sites excluding steroid dienone is 2. The molecule has 0 unspecified atom stereocenters. The molecule has 8 atom stereocenters. The first kappa shape index (κ1) is 46.9. The van der Waals surface area contributed by atoms with Crippen molar-refractivity contribution in [3.63, 3.8) is 0 Å². The highest BCUT2D eigenvalue weighted by Crippen LogP contribution is 2.23. The van der Waals surface area contributed by atoms with E-state index in [0.29, 0.717) is 19.3 Å². The van der Waals surface area contributed by atoms with Gasteiger partial charge >= 0.3 is 0 Å². The monoisotopic (exact) mass is 716 g/mol. The molecule has 10 nitrogen and oxygen atoms in total. The van der Waals surface area contributed by atoms with Crippen molar-refractivity contribution in [1.29, 1.82) is 0 Å². The third-order valence-electron chi connectivity index (χ3n) is 9.96. The van der Waals surface area contributed by atoms with E-state index in [4.69, 9.17) is 9.47 Å². The van der Waals surface area contributed by atoms with Gasteiger partial charge in [-0.05, 0) is 38.5 Å². The van der Waals surface area contributed by atoms with Crippen molar-refractivity contribution in [2.45, 2.75) is 223 Å². The Morgan fingerprint density at radius 2 is 1.16 bits per heavy atom. The molecular weight excluding hydrogens is 638 g/mol. The van der Waals surface area contributed by atoms with Crippen molar-refractivity contribution in [2.75, 3.05) is 13.2 Å². The largest absolute Gasteiger partial charge is 0.394 e. The van der Waals surface area contributed by atoms with Gasteiger partial charge < -0.3 is 45.4 Å². The topological polar surface area (TPSA) is 169 Å². The Kier molecular flexibility index (Phi) is 29.5. The summed E-state index contributed by atoms with van der Waals surface area (Å²) in [7, 11) is 0. The molecule has 1 fully saturated rings. The van der Waals surface area contributed by atoms with Crippen molar-refractivity contribution in [3.05, 3.63) is 12.2 Å². The number of rotatable bonds is 33. The third-order valence-corrected chi connectivity index (χ3v) is 9.96. The van der Waals surface area contributed by atoms with Crippen molar-refractivity contribution in [2.24, 2.45) is 0 Å². The van der Waals surface area contributed by atoms with Crippen LogP contribution in [0.5, 0.6) is 0 Å². The zero-order valence-corrected chi connectivity index (χ0v) is 31.8. The van der Waals surface area contributed by atoms with Gasteiger partial charge in [-0.1, -0.05) is 142 Å². The number of unbranched alkanes of at least 4 members (excludes halogenated alkanes) is 20. The summed E-state index contributed by atoms with van der Waals surface area (Å²) in [6.07, 6.45) is 22.2. The fourth-order valence-electron chi connectivity index (χ4n) is 6.55. The summed E-state index contributed by atoms with van der Waals surface area (Å²) in [5, 5.41) is 64.8. The average Bonchev–Trinajstić information content (AvgIpc) is 3.11. The molecule has 1 aliphatic rings. The number of carbonyl (C=O) groups is 1. The molecule has 296 valence electrons. The van der Waals surface area contributed by atoms with E-state index in [1.54, 1.807) is 0 Å². The van der Waals surface area contributed by atoms with Crippen molar-refractivity contribution in [1.82, 2.24) is 5.32 Å². The maximum absolute atomic E-state index is 12.9. The summed E-state index contributed by atoms with van der Waals surface area (Å²) in [4.78, 5) is 12.9. The van der Waals surface area contributed by atoms with E-state index in [9.17, 15) is 35.4 Å². The molecule has 0 aromatic rings. The number of nitrogens with one attached hydrogen (secondary N) is 1. The van der Waals surface area contributed by atoms with E-state index in [0.717, 1.165) is 32.1 Å². The van der Waals surface area contributed by atoms with Gasteiger partial charge in [0.1, 0.15) is 30.5 Å². The lowest BCUT2D eigenvalue weighted by Crippen LogP contribution is -2.60. The summed E-state index contributed by atoms with van der Waals surface area (Å²) in [5.41, 5.74) is 0. The Hall–Kier alpha value is -1.11. The first-order valence-corrected chi connectivity index (χ1v) is 20.5. The highest BCUT2D eigenvalue weighted by Gasteiger charge is 2.44. The fraction of sp³-hybridized carbons (Fsp3) is 0.925. The van der Waals surface area contributed by atoms with Crippen molar-refractivity contribution < 1.29 is 44.9 Å². The Labute approximate surface area is 304 Å². The van der Waals surface area contributed by atoms with Crippen LogP contribution in [0.25, 0.3) is 0 Å². The molecule has 1 rings (SSSR count). The fourth-order valence-corrected chi connectivity index (χ4v) is 6.55. The smallest absolute Gasteiger partial charge is 0.220 e. The molecule has 0 saturated carbocycles. The number of hydrogen-bond acceptors (Lipinski definition) is 9. The quantitative estimate of drug-likeness (QED) is 0.0302. The maximum atomic E-state index is 12.9. The number of hydrogen-bond donors (Lipinski definition) is 7. The van der Waals surface area contributed by atoms with Gasteiger partial charge in [0.25, 0.3) is 0 Å². The van der Waals surface area contributed by atoms with Crippen molar-refractivity contribution >= 4 is 5.91 Å². The van der Waals surface area contributed by atoms with Crippen LogP contribution in [0.15, 0.2) is 12.2 Å². The summed E-state index contributed by atoms with van der Waals surface area (Å²) < 4.78 is 11.1. The van der Waals surface area contributed by atoms with Crippen LogP contribution in [0.3, 0.4) is 0 Å². The van der Waals surface area contributed by atoms with Crippen LogP contribution in [-0.2, 0) is 14.3 Å². The molecule has 10 heteroatoms. The molecule has 1 heterocycles. The molecule has 1 aliphatic heterocycles.